The Morgan fingerprint density at radius 2 is 1.68 bits per heavy atom. The summed E-state index contributed by atoms with van der Waals surface area (Å²) in [6.45, 7) is 4.01. The third-order valence-corrected chi connectivity index (χ3v) is 8.17. The van der Waals surface area contributed by atoms with Gasteiger partial charge in [0.05, 0.1) is 18.3 Å². The van der Waals surface area contributed by atoms with Crippen LogP contribution in [0.25, 0.3) is 38.9 Å². The molecule has 38 heavy (non-hydrogen) atoms. The van der Waals surface area contributed by atoms with Gasteiger partial charge in [0.25, 0.3) is 0 Å². The van der Waals surface area contributed by atoms with Crippen LogP contribution in [-0.4, -0.2) is 68.6 Å². The summed E-state index contributed by atoms with van der Waals surface area (Å²) in [5.41, 5.74) is 12.2. The molecule has 5 aromatic rings. The van der Waals surface area contributed by atoms with Crippen LogP contribution in [-0.2, 0) is 4.84 Å². The largest absolute Gasteiger partial charge is 0.382 e. The van der Waals surface area contributed by atoms with Gasteiger partial charge in [-0.2, -0.15) is 5.06 Å². The number of aromatic nitrogens is 4. The number of anilines is 1. The minimum Gasteiger partial charge on any atom is -0.382 e. The van der Waals surface area contributed by atoms with Crippen LogP contribution in [0, 0.1) is 0 Å². The number of benzene rings is 2. The van der Waals surface area contributed by atoms with Gasteiger partial charge in [-0.1, -0.05) is 48.5 Å². The number of hydroxylamine groups is 2. The number of imidazole rings is 1. The molecule has 1 saturated carbocycles. The number of piperazine rings is 1. The summed E-state index contributed by atoms with van der Waals surface area (Å²) in [5.74, 6) is 1.97. The van der Waals surface area contributed by atoms with Crippen LogP contribution in [0.3, 0.4) is 0 Å². The molecular formula is C30H31N7O. The fraction of sp³-hybridized carbons (Fsp3) is 0.300. The van der Waals surface area contributed by atoms with E-state index in [-0.39, 0.29) is 0 Å². The lowest BCUT2D eigenvalue weighted by molar-refractivity contribution is -0.158. The third-order valence-electron chi connectivity index (χ3n) is 8.17. The molecule has 2 aliphatic rings. The number of nitrogens with two attached hydrogens (primary N) is 1. The van der Waals surface area contributed by atoms with Gasteiger partial charge in [0.1, 0.15) is 22.9 Å². The standard InChI is InChI=1S/C30H31N7O/c1-38-36-15-13-35(14-16-36)24-17-23(18-24)30-34-27(28-29(31)32-11-12-37(28)30)22-8-7-21-9-10-25(33-26(21)19-22)20-5-3-2-4-6-20/h2-12,19,23-24H,13-18H2,1H3,(H2,31,32). The second-order valence-corrected chi connectivity index (χ2v) is 10.3. The SMILES string of the molecule is CON1CCN(C2CC(c3nc(-c4ccc5ccc(-c6ccccc6)nc5c4)c4c(N)nccn34)C2)CC1. The summed E-state index contributed by atoms with van der Waals surface area (Å²) in [7, 11) is 1.75. The summed E-state index contributed by atoms with van der Waals surface area (Å²) < 4.78 is 2.15. The maximum absolute atomic E-state index is 6.44. The summed E-state index contributed by atoms with van der Waals surface area (Å²) in [5, 5.41) is 3.14. The van der Waals surface area contributed by atoms with E-state index in [0.29, 0.717) is 17.8 Å². The van der Waals surface area contributed by atoms with Gasteiger partial charge in [-0.15, -0.1) is 0 Å². The highest BCUT2D eigenvalue weighted by Crippen LogP contribution is 2.42. The first-order valence-electron chi connectivity index (χ1n) is 13.3. The number of hydrogen-bond donors (Lipinski definition) is 1. The topological polar surface area (TPSA) is 84.8 Å². The van der Waals surface area contributed by atoms with Crippen molar-refractivity contribution in [3.05, 3.63) is 78.9 Å². The van der Waals surface area contributed by atoms with Crippen LogP contribution in [0.15, 0.2) is 73.1 Å². The molecule has 0 unspecified atom stereocenters. The Balaban J connectivity index is 1.22. The van der Waals surface area contributed by atoms with Crippen LogP contribution >= 0.6 is 0 Å². The van der Waals surface area contributed by atoms with Gasteiger partial charge >= 0.3 is 0 Å². The van der Waals surface area contributed by atoms with E-state index in [1.54, 1.807) is 13.3 Å². The average Bonchev–Trinajstić information content (AvgIpc) is 3.33. The second kappa shape index (κ2) is 9.47. The van der Waals surface area contributed by atoms with Gasteiger partial charge in [-0.05, 0) is 25.0 Å². The Labute approximate surface area is 221 Å². The predicted octanol–water partition coefficient (Wildman–Crippen LogP) is 4.62. The first kappa shape index (κ1) is 23.3. The first-order valence-corrected chi connectivity index (χ1v) is 13.3. The monoisotopic (exact) mass is 505 g/mol. The summed E-state index contributed by atoms with van der Waals surface area (Å²) in [6, 6.07) is 21.4. The zero-order valence-electron chi connectivity index (χ0n) is 21.5. The van der Waals surface area contributed by atoms with Crippen molar-refractivity contribution in [2.75, 3.05) is 39.0 Å². The predicted molar refractivity (Wildman–Crippen MR) is 149 cm³/mol. The lowest BCUT2D eigenvalue weighted by Gasteiger charge is -2.45. The van der Waals surface area contributed by atoms with Crippen LogP contribution in [0.5, 0.6) is 0 Å². The fourth-order valence-corrected chi connectivity index (χ4v) is 5.96. The second-order valence-electron chi connectivity index (χ2n) is 10.3. The third kappa shape index (κ3) is 4.01. The molecule has 192 valence electrons. The maximum atomic E-state index is 6.44. The molecule has 1 aliphatic carbocycles. The quantitative estimate of drug-likeness (QED) is 0.373. The molecule has 2 aromatic carbocycles. The van der Waals surface area contributed by atoms with Crippen LogP contribution in [0.2, 0.25) is 0 Å². The maximum Gasteiger partial charge on any atom is 0.150 e. The molecule has 8 heteroatoms. The van der Waals surface area contributed by atoms with E-state index in [1.807, 2.05) is 29.5 Å². The van der Waals surface area contributed by atoms with Crippen molar-refractivity contribution in [1.29, 1.82) is 0 Å². The summed E-state index contributed by atoms with van der Waals surface area (Å²) in [4.78, 5) is 22.6. The Morgan fingerprint density at radius 1 is 0.895 bits per heavy atom. The fourth-order valence-electron chi connectivity index (χ4n) is 5.96. The number of fused-ring (bicyclic) bond motifs is 2. The Bertz CT molecular complexity index is 1600. The van der Waals surface area contributed by atoms with Crippen LogP contribution in [0.4, 0.5) is 5.82 Å². The lowest BCUT2D eigenvalue weighted by Crippen LogP contribution is -2.53. The number of pyridine rings is 1. The number of nitrogens with zero attached hydrogens (tertiary/aromatic N) is 6. The Kier molecular flexibility index (Phi) is 5.80. The van der Waals surface area contributed by atoms with Crippen molar-refractivity contribution in [2.24, 2.45) is 0 Å². The molecule has 2 fully saturated rings. The zero-order chi connectivity index (χ0) is 25.6. The van der Waals surface area contributed by atoms with Gasteiger partial charge in [0.15, 0.2) is 0 Å². The number of rotatable bonds is 5. The zero-order valence-corrected chi connectivity index (χ0v) is 21.5. The van der Waals surface area contributed by atoms with E-state index in [9.17, 15) is 0 Å². The molecule has 0 bridgehead atoms. The molecular weight excluding hydrogens is 474 g/mol. The Morgan fingerprint density at radius 3 is 2.47 bits per heavy atom. The van der Waals surface area contributed by atoms with E-state index in [1.165, 1.54) is 0 Å². The van der Waals surface area contributed by atoms with Gasteiger partial charge in [0, 0.05) is 67.0 Å². The molecule has 7 rings (SSSR count). The molecule has 0 spiro atoms. The first-order chi connectivity index (χ1) is 18.7. The van der Waals surface area contributed by atoms with E-state index in [2.05, 4.69) is 56.7 Å². The van der Waals surface area contributed by atoms with Crippen molar-refractivity contribution in [2.45, 2.75) is 24.8 Å². The number of nitrogen functional groups attached to an aromatic ring is 1. The minimum absolute atomic E-state index is 0.395. The molecule has 1 saturated heterocycles. The lowest BCUT2D eigenvalue weighted by atomic mass is 9.78. The highest BCUT2D eigenvalue weighted by molar-refractivity contribution is 5.91. The van der Waals surface area contributed by atoms with Crippen molar-refractivity contribution >= 4 is 22.2 Å². The van der Waals surface area contributed by atoms with Crippen LogP contribution < -0.4 is 5.73 Å². The van der Waals surface area contributed by atoms with Crippen molar-refractivity contribution in [3.8, 4) is 22.5 Å². The van der Waals surface area contributed by atoms with Gasteiger partial charge in [0.2, 0.25) is 0 Å². The summed E-state index contributed by atoms with van der Waals surface area (Å²) in [6.07, 6.45) is 5.97. The van der Waals surface area contributed by atoms with Crippen molar-refractivity contribution in [3.63, 3.8) is 0 Å². The smallest absolute Gasteiger partial charge is 0.150 e. The Hall–Kier alpha value is -3.85. The molecule has 0 radical (unpaired) electrons. The highest BCUT2D eigenvalue weighted by Gasteiger charge is 2.38. The molecule has 0 atom stereocenters. The van der Waals surface area contributed by atoms with Crippen molar-refractivity contribution < 1.29 is 4.84 Å². The molecule has 8 nitrogen and oxygen atoms in total. The molecule has 3 aromatic heterocycles. The molecule has 4 heterocycles. The average molecular weight is 506 g/mol. The number of hydrogen-bond acceptors (Lipinski definition) is 7. The van der Waals surface area contributed by atoms with E-state index >= 15 is 0 Å². The van der Waals surface area contributed by atoms with E-state index in [0.717, 1.165) is 83.8 Å². The molecule has 2 N–H and O–H groups in total. The van der Waals surface area contributed by atoms with Crippen molar-refractivity contribution in [1.82, 2.24) is 29.3 Å². The van der Waals surface area contributed by atoms with Gasteiger partial charge in [-0.25, -0.2) is 15.0 Å². The van der Waals surface area contributed by atoms with Gasteiger partial charge in [-0.3, -0.25) is 9.30 Å². The minimum atomic E-state index is 0.395. The van der Waals surface area contributed by atoms with E-state index < -0.39 is 0 Å². The normalized spacial score (nSPS) is 20.7. The van der Waals surface area contributed by atoms with Gasteiger partial charge < -0.3 is 10.6 Å². The molecule has 0 amide bonds. The van der Waals surface area contributed by atoms with Crippen LogP contribution in [0.1, 0.15) is 24.6 Å². The highest BCUT2D eigenvalue weighted by atomic mass is 16.7. The molecule has 1 aliphatic heterocycles. The van der Waals surface area contributed by atoms with E-state index in [4.69, 9.17) is 20.5 Å². The summed E-state index contributed by atoms with van der Waals surface area (Å²) >= 11 is 0.